The largest absolute Gasteiger partial charge is 0.334 e. The summed E-state index contributed by atoms with van der Waals surface area (Å²) in [7, 11) is 1.74. The van der Waals surface area contributed by atoms with E-state index in [1.165, 1.54) is 0 Å². The van der Waals surface area contributed by atoms with E-state index >= 15 is 0 Å². The predicted octanol–water partition coefficient (Wildman–Crippen LogP) is 4.46. The summed E-state index contributed by atoms with van der Waals surface area (Å²) in [6, 6.07) is 21.5. The number of anilines is 1. The van der Waals surface area contributed by atoms with E-state index in [4.69, 9.17) is 5.73 Å². The van der Waals surface area contributed by atoms with Crippen molar-refractivity contribution in [3.8, 4) is 11.1 Å². The van der Waals surface area contributed by atoms with Crippen LogP contribution >= 0.6 is 12.4 Å². The van der Waals surface area contributed by atoms with Crippen molar-refractivity contribution >= 4 is 24.1 Å². The Morgan fingerprint density at radius 1 is 0.970 bits per heavy atom. The zero-order valence-electron chi connectivity index (χ0n) is 18.8. The van der Waals surface area contributed by atoms with Gasteiger partial charge in [0.15, 0.2) is 0 Å². The first-order valence-corrected chi connectivity index (χ1v) is 11.1. The highest BCUT2D eigenvalue weighted by molar-refractivity contribution is 5.93. The zero-order chi connectivity index (χ0) is 22.5. The highest BCUT2D eigenvalue weighted by atomic mass is 35.5. The van der Waals surface area contributed by atoms with Gasteiger partial charge in [0.1, 0.15) is 0 Å². The Morgan fingerprint density at radius 3 is 2.24 bits per heavy atom. The smallest absolute Gasteiger partial charge is 0.322 e. The number of aromatic nitrogens is 1. The van der Waals surface area contributed by atoms with Crippen LogP contribution in [0, 0.1) is 0 Å². The molecule has 174 valence electrons. The number of aryl methyl sites for hydroxylation is 1. The van der Waals surface area contributed by atoms with Crippen molar-refractivity contribution in [3.63, 3.8) is 0 Å². The Labute approximate surface area is 200 Å². The molecule has 33 heavy (non-hydrogen) atoms. The lowest BCUT2D eigenvalue weighted by Crippen LogP contribution is -2.48. The number of hydrogen-bond acceptors (Lipinski definition) is 3. The molecule has 0 spiro atoms. The monoisotopic (exact) mass is 466 g/mol. The molecule has 0 unspecified atom stereocenters. The lowest BCUT2D eigenvalue weighted by molar-refractivity contribution is 0.240. The number of carbonyl (C=O) groups is 1. The second-order valence-corrected chi connectivity index (χ2v) is 8.50. The Kier molecular flexibility index (Phi) is 8.31. The third kappa shape index (κ3) is 6.03. The van der Waals surface area contributed by atoms with Gasteiger partial charge in [-0.15, -0.1) is 12.4 Å². The topological polar surface area (TPSA) is 80.4 Å². The van der Waals surface area contributed by atoms with Crippen LogP contribution in [-0.2, 0) is 13.6 Å². The molecule has 0 atom stereocenters. The fraction of sp³-hybridized carbons (Fsp3) is 0.308. The lowest BCUT2D eigenvalue weighted by Gasteiger charge is -2.36. The number of halogens is 1. The highest BCUT2D eigenvalue weighted by Gasteiger charge is 2.29. The van der Waals surface area contributed by atoms with Crippen LogP contribution in [0.3, 0.4) is 0 Å². The lowest BCUT2D eigenvalue weighted by atomic mass is 9.90. The van der Waals surface area contributed by atoms with Crippen LogP contribution in [0.4, 0.5) is 10.5 Å². The first kappa shape index (κ1) is 24.6. The average molecular weight is 467 g/mol. The summed E-state index contributed by atoms with van der Waals surface area (Å²) in [6.45, 7) is 0.485. The number of nitrogens with zero attached hydrogens (tertiary/aromatic N) is 2. The molecule has 1 aliphatic rings. The van der Waals surface area contributed by atoms with Crippen molar-refractivity contribution in [2.24, 2.45) is 12.8 Å². The van der Waals surface area contributed by atoms with Gasteiger partial charge in [-0.3, -0.25) is 9.69 Å². The molecule has 1 aromatic heterocycles. The summed E-state index contributed by atoms with van der Waals surface area (Å²) < 4.78 is 1.57. The third-order valence-corrected chi connectivity index (χ3v) is 6.18. The van der Waals surface area contributed by atoms with Crippen molar-refractivity contribution in [2.75, 3.05) is 4.90 Å². The maximum absolute atomic E-state index is 13.3. The molecule has 0 radical (unpaired) electrons. The van der Waals surface area contributed by atoms with E-state index < -0.39 is 0 Å². The number of hydrogen-bond donors (Lipinski definition) is 2. The minimum absolute atomic E-state index is 0. The van der Waals surface area contributed by atoms with Crippen LogP contribution < -0.4 is 21.5 Å². The number of carbonyl (C=O) groups excluding carboxylic acids is 1. The quantitative estimate of drug-likeness (QED) is 0.582. The molecule has 3 aromatic rings. The number of pyridine rings is 1. The second kappa shape index (κ2) is 11.2. The summed E-state index contributed by atoms with van der Waals surface area (Å²) >= 11 is 0. The average Bonchev–Trinajstić information content (AvgIpc) is 2.82. The fourth-order valence-corrected chi connectivity index (χ4v) is 4.29. The van der Waals surface area contributed by atoms with Gasteiger partial charge in [-0.1, -0.05) is 42.5 Å². The number of benzene rings is 2. The van der Waals surface area contributed by atoms with Crippen LogP contribution in [0.25, 0.3) is 11.1 Å². The minimum Gasteiger partial charge on any atom is -0.334 e. The van der Waals surface area contributed by atoms with E-state index in [1.54, 1.807) is 17.7 Å². The van der Waals surface area contributed by atoms with Crippen LogP contribution in [-0.4, -0.2) is 22.7 Å². The summed E-state index contributed by atoms with van der Waals surface area (Å²) in [5.74, 6) is 0. The minimum atomic E-state index is -0.0933. The first-order chi connectivity index (χ1) is 15.5. The maximum Gasteiger partial charge on any atom is 0.322 e. The van der Waals surface area contributed by atoms with Crippen molar-refractivity contribution in [3.05, 3.63) is 88.8 Å². The van der Waals surface area contributed by atoms with Crippen LogP contribution in [0.2, 0.25) is 0 Å². The molecule has 7 heteroatoms. The molecule has 1 aliphatic carbocycles. The SMILES string of the molecule is Cl.Cn1cc(-c2ccc(N(C(=O)NCc3ccccc3)C3CCC(N)CC3)cc2)ccc1=O. The van der Waals surface area contributed by atoms with Gasteiger partial charge in [0.25, 0.3) is 0 Å². The molecule has 1 heterocycles. The molecule has 4 rings (SSSR count). The fourth-order valence-electron chi connectivity index (χ4n) is 4.29. The summed E-state index contributed by atoms with van der Waals surface area (Å²) in [5.41, 5.74) is 9.96. The van der Waals surface area contributed by atoms with Gasteiger partial charge in [-0.25, -0.2) is 4.79 Å². The van der Waals surface area contributed by atoms with E-state index in [0.717, 1.165) is 48.1 Å². The molecular formula is C26H31ClN4O2. The van der Waals surface area contributed by atoms with Crippen molar-refractivity contribution in [1.29, 1.82) is 0 Å². The number of amides is 2. The van der Waals surface area contributed by atoms with Crippen molar-refractivity contribution in [2.45, 2.75) is 44.3 Å². The van der Waals surface area contributed by atoms with E-state index in [2.05, 4.69) is 5.32 Å². The standard InChI is InChI=1S/C26H30N4O2.ClH/c1-29-18-21(9-16-25(29)31)20-7-12-23(13-8-20)30(24-14-10-22(27)11-15-24)26(32)28-17-19-5-3-2-4-6-19;/h2-9,12-13,16,18,22,24H,10-11,14-15,17,27H2,1H3,(H,28,32);1H. The van der Waals surface area contributed by atoms with E-state index in [9.17, 15) is 9.59 Å². The zero-order valence-corrected chi connectivity index (χ0v) is 19.6. The van der Waals surface area contributed by atoms with Gasteiger partial charge in [0.05, 0.1) is 0 Å². The normalized spacial score (nSPS) is 17.6. The van der Waals surface area contributed by atoms with E-state index in [0.29, 0.717) is 6.54 Å². The van der Waals surface area contributed by atoms with Gasteiger partial charge in [-0.2, -0.15) is 0 Å². The Hall–Kier alpha value is -3.09. The van der Waals surface area contributed by atoms with Crippen LogP contribution in [0.1, 0.15) is 31.2 Å². The molecule has 3 N–H and O–H groups in total. The van der Waals surface area contributed by atoms with Gasteiger partial charge < -0.3 is 15.6 Å². The molecular weight excluding hydrogens is 436 g/mol. The summed E-state index contributed by atoms with van der Waals surface area (Å²) in [4.78, 5) is 26.9. The molecule has 0 aliphatic heterocycles. The molecule has 2 aromatic carbocycles. The number of nitrogens with one attached hydrogen (secondary N) is 1. The highest BCUT2D eigenvalue weighted by Crippen LogP contribution is 2.29. The summed E-state index contributed by atoms with van der Waals surface area (Å²) in [6.07, 6.45) is 5.45. The second-order valence-electron chi connectivity index (χ2n) is 8.50. The van der Waals surface area contributed by atoms with Gasteiger partial charge in [-0.05, 0) is 60.6 Å². The third-order valence-electron chi connectivity index (χ3n) is 6.18. The molecule has 1 fully saturated rings. The number of urea groups is 1. The van der Waals surface area contributed by atoms with Gasteiger partial charge in [0, 0.05) is 43.6 Å². The van der Waals surface area contributed by atoms with E-state index in [1.807, 2.05) is 71.8 Å². The Morgan fingerprint density at radius 2 is 1.61 bits per heavy atom. The van der Waals surface area contributed by atoms with E-state index in [-0.39, 0.29) is 36.1 Å². The molecule has 1 saturated carbocycles. The molecule has 0 bridgehead atoms. The van der Waals surface area contributed by atoms with Crippen molar-refractivity contribution in [1.82, 2.24) is 9.88 Å². The Balaban J connectivity index is 0.00000306. The number of nitrogens with two attached hydrogens (primary N) is 1. The van der Waals surface area contributed by atoms with Crippen LogP contribution in [0.15, 0.2) is 77.7 Å². The van der Waals surface area contributed by atoms with Crippen LogP contribution in [0.5, 0.6) is 0 Å². The maximum atomic E-state index is 13.3. The molecule has 0 saturated heterocycles. The Bertz CT molecular complexity index is 1110. The predicted molar refractivity (Wildman–Crippen MR) is 136 cm³/mol. The van der Waals surface area contributed by atoms with Gasteiger partial charge in [0.2, 0.25) is 5.56 Å². The molecule has 6 nitrogen and oxygen atoms in total. The molecule has 2 amide bonds. The first-order valence-electron chi connectivity index (χ1n) is 11.1. The van der Waals surface area contributed by atoms with Crippen molar-refractivity contribution < 1.29 is 4.79 Å². The number of rotatable bonds is 5. The van der Waals surface area contributed by atoms with Gasteiger partial charge >= 0.3 is 6.03 Å². The summed E-state index contributed by atoms with van der Waals surface area (Å²) in [5, 5.41) is 3.08.